The monoisotopic (exact) mass is 239 g/mol. The van der Waals surface area contributed by atoms with Crippen molar-refractivity contribution in [1.82, 2.24) is 5.32 Å². The van der Waals surface area contributed by atoms with Gasteiger partial charge < -0.3 is 10.4 Å². The number of hydrogen-bond acceptors (Lipinski definition) is 3. The van der Waals surface area contributed by atoms with E-state index in [1.165, 1.54) is 5.56 Å². The fourth-order valence-electron chi connectivity index (χ4n) is 2.18. The minimum Gasteiger partial charge on any atom is -0.481 e. The first-order chi connectivity index (χ1) is 7.66. The minimum atomic E-state index is -0.661. The molecule has 4 heteroatoms. The lowest BCUT2D eigenvalue weighted by Gasteiger charge is -2.36. The van der Waals surface area contributed by atoms with Crippen LogP contribution in [0.15, 0.2) is 16.8 Å². The zero-order valence-electron chi connectivity index (χ0n) is 9.35. The van der Waals surface area contributed by atoms with Crippen LogP contribution in [0.1, 0.15) is 25.3 Å². The lowest BCUT2D eigenvalue weighted by atomic mass is 9.79. The van der Waals surface area contributed by atoms with E-state index in [1.807, 2.05) is 0 Å². The molecule has 1 aliphatic carbocycles. The number of carboxylic acids is 1. The Bertz CT molecular complexity index is 350. The maximum atomic E-state index is 10.9. The van der Waals surface area contributed by atoms with Crippen LogP contribution >= 0.6 is 11.3 Å². The Hall–Kier alpha value is -0.870. The largest absolute Gasteiger partial charge is 0.481 e. The van der Waals surface area contributed by atoms with Gasteiger partial charge in [-0.1, -0.05) is 0 Å². The Morgan fingerprint density at radius 2 is 2.50 bits per heavy atom. The van der Waals surface area contributed by atoms with Gasteiger partial charge in [0.15, 0.2) is 0 Å². The van der Waals surface area contributed by atoms with Crippen molar-refractivity contribution >= 4 is 17.3 Å². The molecule has 0 spiro atoms. The van der Waals surface area contributed by atoms with Crippen molar-refractivity contribution in [3.05, 3.63) is 22.4 Å². The summed E-state index contributed by atoms with van der Waals surface area (Å²) in [5.41, 5.74) is 1.33. The Labute approximate surface area is 99.5 Å². The van der Waals surface area contributed by atoms with E-state index in [9.17, 15) is 4.79 Å². The molecular weight excluding hydrogens is 222 g/mol. The van der Waals surface area contributed by atoms with E-state index in [2.05, 4.69) is 29.1 Å². The first kappa shape index (κ1) is 11.6. The van der Waals surface area contributed by atoms with Crippen molar-refractivity contribution in [3.8, 4) is 0 Å². The average molecular weight is 239 g/mol. The van der Waals surface area contributed by atoms with Gasteiger partial charge in [0, 0.05) is 12.1 Å². The summed E-state index contributed by atoms with van der Waals surface area (Å²) >= 11 is 1.70. The van der Waals surface area contributed by atoms with Gasteiger partial charge in [0.1, 0.15) is 0 Å². The van der Waals surface area contributed by atoms with E-state index < -0.39 is 5.97 Å². The summed E-state index contributed by atoms with van der Waals surface area (Å²) in [5, 5.41) is 16.6. The second-order valence-corrected chi connectivity index (χ2v) is 5.31. The molecule has 2 rings (SSSR count). The van der Waals surface area contributed by atoms with E-state index in [0.29, 0.717) is 6.04 Å². The summed E-state index contributed by atoms with van der Waals surface area (Å²) in [6, 6.07) is 2.64. The molecule has 3 atom stereocenters. The molecule has 0 aliphatic heterocycles. The van der Waals surface area contributed by atoms with Crippen LogP contribution < -0.4 is 5.32 Å². The zero-order valence-corrected chi connectivity index (χ0v) is 10.2. The summed E-state index contributed by atoms with van der Waals surface area (Å²) in [6.45, 7) is 2.12. The van der Waals surface area contributed by atoms with E-state index in [0.717, 1.165) is 19.3 Å². The highest BCUT2D eigenvalue weighted by atomic mass is 32.1. The Morgan fingerprint density at radius 1 is 1.69 bits per heavy atom. The van der Waals surface area contributed by atoms with E-state index in [4.69, 9.17) is 5.11 Å². The molecule has 1 heterocycles. The number of nitrogens with one attached hydrogen (secondary N) is 1. The number of carboxylic acid groups (broad SMARTS) is 1. The summed E-state index contributed by atoms with van der Waals surface area (Å²) in [5.74, 6) is -0.837. The molecule has 88 valence electrons. The van der Waals surface area contributed by atoms with Crippen molar-refractivity contribution in [1.29, 1.82) is 0 Å². The fraction of sp³-hybridized carbons (Fsp3) is 0.583. The van der Waals surface area contributed by atoms with Crippen LogP contribution in [0.3, 0.4) is 0 Å². The molecule has 0 saturated heterocycles. The quantitative estimate of drug-likeness (QED) is 0.827. The first-order valence-corrected chi connectivity index (χ1v) is 6.61. The van der Waals surface area contributed by atoms with Crippen molar-refractivity contribution in [2.45, 2.75) is 38.3 Å². The van der Waals surface area contributed by atoms with Gasteiger partial charge in [0.25, 0.3) is 0 Å². The van der Waals surface area contributed by atoms with Gasteiger partial charge in [0.05, 0.1) is 5.92 Å². The zero-order chi connectivity index (χ0) is 11.5. The summed E-state index contributed by atoms with van der Waals surface area (Å²) < 4.78 is 0. The normalized spacial score (nSPS) is 26.1. The molecule has 1 fully saturated rings. The maximum Gasteiger partial charge on any atom is 0.308 e. The molecular formula is C12H17NO2S. The molecule has 0 bridgehead atoms. The second kappa shape index (κ2) is 4.97. The third-order valence-electron chi connectivity index (χ3n) is 3.21. The van der Waals surface area contributed by atoms with Gasteiger partial charge in [0.2, 0.25) is 0 Å². The predicted octanol–water partition coefficient (Wildman–Crippen LogP) is 2.13. The predicted molar refractivity (Wildman–Crippen MR) is 64.8 cm³/mol. The van der Waals surface area contributed by atoms with Crippen molar-refractivity contribution in [2.75, 3.05) is 0 Å². The van der Waals surface area contributed by atoms with Crippen LogP contribution in [0.5, 0.6) is 0 Å². The lowest BCUT2D eigenvalue weighted by Crippen LogP contribution is -2.51. The lowest BCUT2D eigenvalue weighted by molar-refractivity contribution is -0.146. The van der Waals surface area contributed by atoms with Crippen molar-refractivity contribution < 1.29 is 9.90 Å². The van der Waals surface area contributed by atoms with Crippen LogP contribution in [0.25, 0.3) is 0 Å². The highest BCUT2D eigenvalue weighted by Gasteiger charge is 2.36. The topological polar surface area (TPSA) is 49.3 Å². The van der Waals surface area contributed by atoms with E-state index in [-0.39, 0.29) is 12.0 Å². The van der Waals surface area contributed by atoms with Crippen LogP contribution in [-0.4, -0.2) is 23.2 Å². The molecule has 0 radical (unpaired) electrons. The second-order valence-electron chi connectivity index (χ2n) is 4.53. The Kier molecular flexibility index (Phi) is 3.61. The van der Waals surface area contributed by atoms with Gasteiger partial charge >= 0.3 is 5.97 Å². The van der Waals surface area contributed by atoms with Crippen LogP contribution in [0, 0.1) is 5.92 Å². The number of carbonyl (C=O) groups is 1. The third kappa shape index (κ3) is 2.62. The standard InChI is InChI=1S/C12H17NO2S/c1-8(6-9-4-5-16-7-9)13-11-3-2-10(11)12(14)15/h4-5,7-8,10-11,13H,2-3,6H2,1H3,(H,14,15). The Balaban J connectivity index is 1.79. The molecule has 3 nitrogen and oxygen atoms in total. The molecule has 3 unspecified atom stereocenters. The van der Waals surface area contributed by atoms with Crippen LogP contribution in [-0.2, 0) is 11.2 Å². The molecule has 1 aromatic rings. The summed E-state index contributed by atoms with van der Waals surface area (Å²) in [6.07, 6.45) is 2.79. The van der Waals surface area contributed by atoms with Gasteiger partial charge in [-0.25, -0.2) is 0 Å². The summed E-state index contributed by atoms with van der Waals surface area (Å²) in [7, 11) is 0. The molecule has 1 saturated carbocycles. The number of hydrogen-bond donors (Lipinski definition) is 2. The smallest absolute Gasteiger partial charge is 0.308 e. The van der Waals surface area contributed by atoms with Crippen molar-refractivity contribution in [3.63, 3.8) is 0 Å². The van der Waals surface area contributed by atoms with Crippen molar-refractivity contribution in [2.24, 2.45) is 5.92 Å². The highest BCUT2D eigenvalue weighted by molar-refractivity contribution is 7.07. The highest BCUT2D eigenvalue weighted by Crippen LogP contribution is 2.28. The SMILES string of the molecule is CC(Cc1ccsc1)NC1CCC1C(=O)O. The molecule has 0 aromatic carbocycles. The van der Waals surface area contributed by atoms with Gasteiger partial charge in [-0.05, 0) is 48.6 Å². The number of rotatable bonds is 5. The molecule has 2 N–H and O–H groups in total. The summed E-state index contributed by atoms with van der Waals surface area (Å²) in [4.78, 5) is 10.9. The molecule has 1 aromatic heterocycles. The molecule has 1 aliphatic rings. The average Bonchev–Trinajstić information content (AvgIpc) is 2.64. The number of aliphatic carboxylic acids is 1. The van der Waals surface area contributed by atoms with Gasteiger partial charge in [-0.15, -0.1) is 0 Å². The molecule has 0 amide bonds. The molecule has 16 heavy (non-hydrogen) atoms. The Morgan fingerprint density at radius 3 is 3.00 bits per heavy atom. The first-order valence-electron chi connectivity index (χ1n) is 5.66. The van der Waals surface area contributed by atoms with Crippen LogP contribution in [0.2, 0.25) is 0 Å². The fourth-order valence-corrected chi connectivity index (χ4v) is 2.86. The van der Waals surface area contributed by atoms with E-state index in [1.54, 1.807) is 11.3 Å². The maximum absolute atomic E-state index is 10.9. The van der Waals surface area contributed by atoms with Crippen LogP contribution in [0.4, 0.5) is 0 Å². The minimum absolute atomic E-state index is 0.172. The van der Waals surface area contributed by atoms with Gasteiger partial charge in [-0.2, -0.15) is 11.3 Å². The number of thiophene rings is 1. The third-order valence-corrected chi connectivity index (χ3v) is 3.94. The van der Waals surface area contributed by atoms with E-state index >= 15 is 0 Å². The van der Waals surface area contributed by atoms with Gasteiger partial charge in [-0.3, -0.25) is 4.79 Å².